The van der Waals surface area contributed by atoms with Crippen molar-refractivity contribution in [2.45, 2.75) is 6.54 Å². The fourth-order valence-corrected chi connectivity index (χ4v) is 3.17. The Bertz CT molecular complexity index is 932. The highest BCUT2D eigenvalue weighted by atomic mass is 35.5. The van der Waals surface area contributed by atoms with Gasteiger partial charge < -0.3 is 10.0 Å². The third-order valence-corrected chi connectivity index (χ3v) is 4.86. The summed E-state index contributed by atoms with van der Waals surface area (Å²) in [6.07, 6.45) is 3.49. The van der Waals surface area contributed by atoms with Crippen molar-refractivity contribution in [2.24, 2.45) is 0 Å². The third-order valence-electron chi connectivity index (χ3n) is 3.78. The molecule has 0 atom stereocenters. The number of carbonyl (C=O) groups is 1. The van der Waals surface area contributed by atoms with Crippen LogP contribution >= 0.6 is 34.8 Å². The van der Waals surface area contributed by atoms with E-state index in [1.807, 2.05) is 36.5 Å². The van der Waals surface area contributed by atoms with Crippen molar-refractivity contribution < 1.29 is 9.90 Å². The predicted octanol–water partition coefficient (Wildman–Crippen LogP) is 4.81. The largest absolute Gasteiger partial charge is 0.505 e. The normalized spacial score (nSPS) is 10.8. The SMILES string of the molecule is CN(Cc1cnn(-c2ccccc2)c1)C(=O)c1c(O)c(Cl)cc(Cl)c1Cl. The molecule has 8 heteroatoms. The number of carbonyl (C=O) groups excluding carboxylic acids is 1. The van der Waals surface area contributed by atoms with Gasteiger partial charge in [0.05, 0.1) is 27.0 Å². The van der Waals surface area contributed by atoms with Gasteiger partial charge in [-0.25, -0.2) is 4.68 Å². The lowest BCUT2D eigenvalue weighted by Crippen LogP contribution is -2.26. The van der Waals surface area contributed by atoms with Crippen LogP contribution in [-0.4, -0.2) is 32.7 Å². The maximum absolute atomic E-state index is 12.7. The van der Waals surface area contributed by atoms with Crippen molar-refractivity contribution >= 4 is 40.7 Å². The Kier molecular flexibility index (Phi) is 5.41. The molecular weight excluding hydrogens is 397 g/mol. The molecule has 1 aromatic heterocycles. The van der Waals surface area contributed by atoms with Crippen LogP contribution in [0.4, 0.5) is 0 Å². The van der Waals surface area contributed by atoms with E-state index in [0.717, 1.165) is 11.3 Å². The van der Waals surface area contributed by atoms with Crippen LogP contribution < -0.4 is 0 Å². The average Bonchev–Trinajstić information content (AvgIpc) is 3.09. The Morgan fingerprint density at radius 1 is 1.19 bits per heavy atom. The van der Waals surface area contributed by atoms with E-state index in [4.69, 9.17) is 34.8 Å². The monoisotopic (exact) mass is 409 g/mol. The van der Waals surface area contributed by atoms with Gasteiger partial charge in [0.25, 0.3) is 5.91 Å². The van der Waals surface area contributed by atoms with Crippen LogP contribution in [0.1, 0.15) is 15.9 Å². The number of halogens is 3. The minimum Gasteiger partial charge on any atom is -0.505 e. The zero-order valence-corrected chi connectivity index (χ0v) is 15.9. The fraction of sp³-hybridized carbons (Fsp3) is 0.111. The molecule has 0 aliphatic rings. The smallest absolute Gasteiger partial charge is 0.259 e. The highest BCUT2D eigenvalue weighted by molar-refractivity contribution is 6.45. The van der Waals surface area contributed by atoms with Crippen molar-refractivity contribution in [1.29, 1.82) is 0 Å². The standard InChI is InChI=1S/C18H14Cl3N3O2/c1-23(18(26)15-16(21)13(19)7-14(20)17(15)25)9-11-8-22-24(10-11)12-5-3-2-4-6-12/h2-8,10,25H,9H2,1H3. The summed E-state index contributed by atoms with van der Waals surface area (Å²) in [5, 5.41) is 14.4. The summed E-state index contributed by atoms with van der Waals surface area (Å²) in [6, 6.07) is 10.9. The molecule has 0 spiro atoms. The maximum atomic E-state index is 12.7. The van der Waals surface area contributed by atoms with E-state index in [1.54, 1.807) is 17.9 Å². The molecule has 2 aromatic carbocycles. The molecule has 26 heavy (non-hydrogen) atoms. The molecule has 134 valence electrons. The number of phenols is 1. The Morgan fingerprint density at radius 3 is 2.58 bits per heavy atom. The number of aromatic hydroxyl groups is 1. The highest BCUT2D eigenvalue weighted by Crippen LogP contribution is 2.39. The third kappa shape index (κ3) is 3.65. The highest BCUT2D eigenvalue weighted by Gasteiger charge is 2.24. The minimum absolute atomic E-state index is 0.0342. The van der Waals surface area contributed by atoms with Crippen LogP contribution in [0.15, 0.2) is 48.8 Å². The molecule has 0 saturated heterocycles. The molecule has 0 radical (unpaired) electrons. The first-order valence-electron chi connectivity index (χ1n) is 7.59. The lowest BCUT2D eigenvalue weighted by atomic mass is 10.1. The molecule has 1 amide bonds. The van der Waals surface area contributed by atoms with E-state index >= 15 is 0 Å². The summed E-state index contributed by atoms with van der Waals surface area (Å²) in [7, 11) is 1.59. The van der Waals surface area contributed by atoms with Gasteiger partial charge in [-0.05, 0) is 18.2 Å². The van der Waals surface area contributed by atoms with Gasteiger partial charge in [0.1, 0.15) is 11.3 Å². The van der Waals surface area contributed by atoms with E-state index in [0.29, 0.717) is 0 Å². The molecule has 3 rings (SSSR count). The molecule has 0 fully saturated rings. The van der Waals surface area contributed by atoms with Crippen molar-refractivity contribution in [3.05, 3.63) is 75.0 Å². The molecule has 5 nitrogen and oxygen atoms in total. The van der Waals surface area contributed by atoms with Crippen LogP contribution in [0.25, 0.3) is 5.69 Å². The van der Waals surface area contributed by atoms with Gasteiger partial charge in [0.2, 0.25) is 0 Å². The topological polar surface area (TPSA) is 58.4 Å². The zero-order chi connectivity index (χ0) is 18.8. The second-order valence-electron chi connectivity index (χ2n) is 5.67. The van der Waals surface area contributed by atoms with Crippen LogP contribution in [0.5, 0.6) is 5.75 Å². The lowest BCUT2D eigenvalue weighted by molar-refractivity contribution is 0.0782. The van der Waals surface area contributed by atoms with Crippen LogP contribution in [0.2, 0.25) is 15.1 Å². The number of aromatic nitrogens is 2. The van der Waals surface area contributed by atoms with Gasteiger partial charge in [-0.15, -0.1) is 0 Å². The summed E-state index contributed by atoms with van der Waals surface area (Å²) in [5.74, 6) is -0.887. The number of rotatable bonds is 4. The molecule has 0 aliphatic carbocycles. The number of para-hydroxylation sites is 1. The van der Waals surface area contributed by atoms with Crippen LogP contribution in [0.3, 0.4) is 0 Å². The average molecular weight is 411 g/mol. The van der Waals surface area contributed by atoms with Crippen molar-refractivity contribution in [3.63, 3.8) is 0 Å². The molecule has 0 saturated carbocycles. The van der Waals surface area contributed by atoms with Gasteiger partial charge in [-0.3, -0.25) is 4.79 Å². The van der Waals surface area contributed by atoms with Crippen LogP contribution in [-0.2, 0) is 6.54 Å². The molecule has 3 aromatic rings. The van der Waals surface area contributed by atoms with Crippen molar-refractivity contribution in [2.75, 3.05) is 7.05 Å². The van der Waals surface area contributed by atoms with Gasteiger partial charge >= 0.3 is 0 Å². The summed E-state index contributed by atoms with van der Waals surface area (Å²) in [6.45, 7) is 0.269. The Balaban J connectivity index is 1.82. The number of hydrogen-bond donors (Lipinski definition) is 1. The number of nitrogens with zero attached hydrogens (tertiary/aromatic N) is 3. The van der Waals surface area contributed by atoms with Gasteiger partial charge in [-0.1, -0.05) is 53.0 Å². The van der Waals surface area contributed by atoms with E-state index in [9.17, 15) is 9.90 Å². The molecular formula is C18H14Cl3N3O2. The van der Waals surface area contributed by atoms with Gasteiger partial charge in [0, 0.05) is 25.4 Å². The summed E-state index contributed by atoms with van der Waals surface area (Å²) < 4.78 is 1.72. The Morgan fingerprint density at radius 2 is 1.88 bits per heavy atom. The van der Waals surface area contributed by atoms with Crippen molar-refractivity contribution in [3.8, 4) is 11.4 Å². The summed E-state index contributed by atoms with van der Waals surface area (Å²) in [4.78, 5) is 14.1. The number of hydrogen-bond acceptors (Lipinski definition) is 3. The quantitative estimate of drug-likeness (QED) is 0.628. The number of benzene rings is 2. The summed E-state index contributed by atoms with van der Waals surface area (Å²) in [5.41, 5.74) is 1.60. The maximum Gasteiger partial charge on any atom is 0.259 e. The molecule has 0 unspecified atom stereocenters. The molecule has 1 heterocycles. The van der Waals surface area contributed by atoms with Gasteiger partial charge in [-0.2, -0.15) is 5.10 Å². The Hall–Kier alpha value is -2.21. The van der Waals surface area contributed by atoms with E-state index in [1.165, 1.54) is 11.0 Å². The first kappa shape index (κ1) is 18.6. The lowest BCUT2D eigenvalue weighted by Gasteiger charge is -2.18. The minimum atomic E-state index is -0.496. The first-order chi connectivity index (χ1) is 12.4. The summed E-state index contributed by atoms with van der Waals surface area (Å²) >= 11 is 17.9. The molecule has 1 N–H and O–H groups in total. The van der Waals surface area contributed by atoms with E-state index in [-0.39, 0.29) is 27.2 Å². The first-order valence-corrected chi connectivity index (χ1v) is 8.72. The molecule has 0 bridgehead atoms. The zero-order valence-electron chi connectivity index (χ0n) is 13.7. The van der Waals surface area contributed by atoms with Gasteiger partial charge in [0.15, 0.2) is 0 Å². The van der Waals surface area contributed by atoms with Crippen LogP contribution in [0, 0.1) is 0 Å². The second-order valence-corrected chi connectivity index (χ2v) is 6.86. The predicted molar refractivity (Wildman–Crippen MR) is 102 cm³/mol. The fourth-order valence-electron chi connectivity index (χ4n) is 2.48. The molecule has 0 aliphatic heterocycles. The number of phenolic OH excluding ortho intramolecular Hbond substituents is 1. The van der Waals surface area contributed by atoms with E-state index in [2.05, 4.69) is 5.10 Å². The second kappa shape index (κ2) is 7.58. The van der Waals surface area contributed by atoms with E-state index < -0.39 is 11.7 Å². The Labute approximate surface area is 165 Å². The number of amides is 1. The van der Waals surface area contributed by atoms with Crippen molar-refractivity contribution in [1.82, 2.24) is 14.7 Å².